The molecule has 1 fully saturated rings. The highest BCUT2D eigenvalue weighted by molar-refractivity contribution is 5.40. The Balaban J connectivity index is 1.61. The lowest BCUT2D eigenvalue weighted by Crippen LogP contribution is -2.46. The minimum atomic E-state index is 0.855. The van der Waals surface area contributed by atoms with E-state index in [1.54, 1.807) is 6.26 Å². The molecule has 0 atom stereocenters. The van der Waals surface area contributed by atoms with Crippen molar-refractivity contribution in [2.45, 2.75) is 26.8 Å². The lowest BCUT2D eigenvalue weighted by Gasteiger charge is -2.35. The first-order chi connectivity index (χ1) is 10.2. The minimum Gasteiger partial charge on any atom is -0.364 e. The molecule has 0 unspecified atom stereocenters. The maximum Gasteiger partial charge on any atom is 0.132 e. The molecule has 0 aromatic carbocycles. The van der Waals surface area contributed by atoms with Crippen LogP contribution in [-0.2, 0) is 13.0 Å². The largest absolute Gasteiger partial charge is 0.364 e. The van der Waals surface area contributed by atoms with Crippen LogP contribution in [0.3, 0.4) is 0 Å². The highest BCUT2D eigenvalue weighted by Crippen LogP contribution is 2.16. The number of anilines is 1. The van der Waals surface area contributed by atoms with Gasteiger partial charge in [-0.1, -0.05) is 12.1 Å². The molecule has 0 aliphatic carbocycles. The van der Waals surface area contributed by atoms with Crippen LogP contribution in [0.1, 0.15) is 24.1 Å². The highest BCUT2D eigenvalue weighted by atomic mass is 16.5. The molecule has 112 valence electrons. The van der Waals surface area contributed by atoms with Crippen LogP contribution in [0.25, 0.3) is 0 Å². The smallest absolute Gasteiger partial charge is 0.132 e. The Bertz CT molecular complexity index is 576. The van der Waals surface area contributed by atoms with Gasteiger partial charge in [0.1, 0.15) is 17.9 Å². The van der Waals surface area contributed by atoms with Gasteiger partial charge in [-0.3, -0.25) is 4.90 Å². The topological polar surface area (TPSA) is 58.3 Å². The average molecular weight is 287 g/mol. The number of aromatic nitrogens is 3. The average Bonchev–Trinajstić information content (AvgIpc) is 3.00. The summed E-state index contributed by atoms with van der Waals surface area (Å²) in [6, 6.07) is 4.04. The van der Waals surface area contributed by atoms with Gasteiger partial charge in [-0.15, -0.1) is 0 Å². The third kappa shape index (κ3) is 3.39. The van der Waals surface area contributed by atoms with Gasteiger partial charge < -0.3 is 9.42 Å². The highest BCUT2D eigenvalue weighted by Gasteiger charge is 2.19. The summed E-state index contributed by atoms with van der Waals surface area (Å²) in [5.74, 6) is 1.91. The van der Waals surface area contributed by atoms with E-state index in [4.69, 9.17) is 4.52 Å². The van der Waals surface area contributed by atoms with E-state index in [1.807, 2.05) is 13.0 Å². The summed E-state index contributed by atoms with van der Waals surface area (Å²) in [6.07, 6.45) is 2.57. The van der Waals surface area contributed by atoms with Crippen molar-refractivity contribution >= 4 is 5.82 Å². The Morgan fingerprint density at radius 1 is 1.14 bits per heavy atom. The molecule has 1 aliphatic heterocycles. The molecule has 0 spiro atoms. The van der Waals surface area contributed by atoms with E-state index in [0.29, 0.717) is 0 Å². The Kier molecular flexibility index (Phi) is 4.15. The van der Waals surface area contributed by atoms with Gasteiger partial charge >= 0.3 is 0 Å². The molecule has 6 heteroatoms. The van der Waals surface area contributed by atoms with Gasteiger partial charge in [-0.2, -0.15) is 0 Å². The number of piperazine rings is 1. The summed E-state index contributed by atoms with van der Waals surface area (Å²) in [7, 11) is 0. The van der Waals surface area contributed by atoms with Crippen molar-refractivity contribution in [2.75, 3.05) is 31.1 Å². The van der Waals surface area contributed by atoms with E-state index in [0.717, 1.165) is 62.2 Å². The second-order valence-corrected chi connectivity index (χ2v) is 5.37. The van der Waals surface area contributed by atoms with E-state index in [2.05, 4.69) is 37.9 Å². The van der Waals surface area contributed by atoms with Crippen molar-refractivity contribution in [3.63, 3.8) is 0 Å². The SMILES string of the molecule is CCc1cc(N2CCN(Cc3ccon3)CC2)nc(C)n1. The van der Waals surface area contributed by atoms with Crippen LogP contribution in [0.4, 0.5) is 5.82 Å². The van der Waals surface area contributed by atoms with Gasteiger partial charge in [-0.25, -0.2) is 9.97 Å². The standard InChI is InChI=1S/C15H21N5O/c1-3-13-10-15(17-12(2)16-13)20-7-5-19(6-8-20)11-14-4-9-21-18-14/h4,9-10H,3,5-8,11H2,1-2H3. The molecule has 0 radical (unpaired) electrons. The van der Waals surface area contributed by atoms with Crippen molar-refractivity contribution < 1.29 is 4.52 Å². The molecule has 21 heavy (non-hydrogen) atoms. The molecule has 0 bridgehead atoms. The first-order valence-corrected chi connectivity index (χ1v) is 7.45. The molecule has 1 saturated heterocycles. The summed E-state index contributed by atoms with van der Waals surface area (Å²) < 4.78 is 4.88. The van der Waals surface area contributed by atoms with Crippen LogP contribution >= 0.6 is 0 Å². The van der Waals surface area contributed by atoms with Crippen molar-refractivity contribution in [1.29, 1.82) is 0 Å². The maximum atomic E-state index is 4.88. The number of hydrogen-bond acceptors (Lipinski definition) is 6. The fourth-order valence-corrected chi connectivity index (χ4v) is 2.64. The van der Waals surface area contributed by atoms with Gasteiger partial charge in [0.05, 0.1) is 5.69 Å². The molecule has 0 amide bonds. The van der Waals surface area contributed by atoms with E-state index in [1.165, 1.54) is 0 Å². The van der Waals surface area contributed by atoms with Crippen molar-refractivity contribution in [1.82, 2.24) is 20.0 Å². The first-order valence-electron chi connectivity index (χ1n) is 7.45. The maximum absolute atomic E-state index is 4.88. The van der Waals surface area contributed by atoms with Crippen LogP contribution in [0.2, 0.25) is 0 Å². The molecule has 0 saturated carbocycles. The minimum absolute atomic E-state index is 0.855. The van der Waals surface area contributed by atoms with Crippen molar-refractivity contribution in [3.8, 4) is 0 Å². The summed E-state index contributed by atoms with van der Waals surface area (Å²) in [6.45, 7) is 8.93. The zero-order valence-electron chi connectivity index (χ0n) is 12.6. The fraction of sp³-hybridized carbons (Fsp3) is 0.533. The Hall–Kier alpha value is -1.95. The van der Waals surface area contributed by atoms with Crippen LogP contribution in [-0.4, -0.2) is 46.2 Å². The molecular weight excluding hydrogens is 266 g/mol. The van der Waals surface area contributed by atoms with Crippen LogP contribution in [0.5, 0.6) is 0 Å². The predicted octanol–water partition coefficient (Wildman–Crippen LogP) is 1.66. The monoisotopic (exact) mass is 287 g/mol. The summed E-state index contributed by atoms with van der Waals surface area (Å²) >= 11 is 0. The third-order valence-electron chi connectivity index (χ3n) is 3.81. The van der Waals surface area contributed by atoms with E-state index >= 15 is 0 Å². The molecule has 2 aromatic rings. The number of hydrogen-bond donors (Lipinski definition) is 0. The van der Waals surface area contributed by atoms with Crippen LogP contribution in [0, 0.1) is 6.92 Å². The molecule has 1 aliphatic rings. The Morgan fingerprint density at radius 3 is 2.62 bits per heavy atom. The van der Waals surface area contributed by atoms with Gasteiger partial charge in [-0.05, 0) is 13.3 Å². The number of rotatable bonds is 4. The van der Waals surface area contributed by atoms with Crippen LogP contribution in [0.15, 0.2) is 22.9 Å². The zero-order valence-corrected chi connectivity index (χ0v) is 12.6. The number of aryl methyl sites for hydroxylation is 2. The normalized spacial score (nSPS) is 16.4. The predicted molar refractivity (Wildman–Crippen MR) is 80.1 cm³/mol. The lowest BCUT2D eigenvalue weighted by atomic mass is 10.2. The summed E-state index contributed by atoms with van der Waals surface area (Å²) in [5, 5.41) is 3.97. The van der Waals surface area contributed by atoms with Gasteiger partial charge in [0, 0.05) is 50.6 Å². The van der Waals surface area contributed by atoms with E-state index in [-0.39, 0.29) is 0 Å². The fourth-order valence-electron chi connectivity index (χ4n) is 2.64. The van der Waals surface area contributed by atoms with E-state index in [9.17, 15) is 0 Å². The van der Waals surface area contributed by atoms with Crippen molar-refractivity contribution in [3.05, 3.63) is 35.6 Å². The molecular formula is C15H21N5O. The molecule has 0 N–H and O–H groups in total. The summed E-state index contributed by atoms with van der Waals surface area (Å²) in [4.78, 5) is 13.8. The molecule has 3 rings (SSSR count). The third-order valence-corrected chi connectivity index (χ3v) is 3.81. The molecule has 3 heterocycles. The van der Waals surface area contributed by atoms with Crippen molar-refractivity contribution in [2.24, 2.45) is 0 Å². The number of nitrogens with zero attached hydrogens (tertiary/aromatic N) is 5. The van der Waals surface area contributed by atoms with Gasteiger partial charge in [0.15, 0.2) is 0 Å². The zero-order chi connectivity index (χ0) is 14.7. The van der Waals surface area contributed by atoms with Gasteiger partial charge in [0.2, 0.25) is 0 Å². The van der Waals surface area contributed by atoms with E-state index < -0.39 is 0 Å². The summed E-state index contributed by atoms with van der Waals surface area (Å²) in [5.41, 5.74) is 2.11. The van der Waals surface area contributed by atoms with Gasteiger partial charge in [0.25, 0.3) is 0 Å². The second-order valence-electron chi connectivity index (χ2n) is 5.37. The first kappa shape index (κ1) is 14.0. The molecule has 2 aromatic heterocycles. The molecule has 6 nitrogen and oxygen atoms in total. The lowest BCUT2D eigenvalue weighted by molar-refractivity contribution is 0.241. The quantitative estimate of drug-likeness (QED) is 0.852. The second kappa shape index (κ2) is 6.22. The van der Waals surface area contributed by atoms with Crippen LogP contribution < -0.4 is 4.90 Å². The Morgan fingerprint density at radius 2 is 1.95 bits per heavy atom. The Labute approximate surface area is 124 Å².